The van der Waals surface area contributed by atoms with Crippen LogP contribution in [0.1, 0.15) is 22.3 Å². The summed E-state index contributed by atoms with van der Waals surface area (Å²) in [4.78, 5) is 11.7. The predicted molar refractivity (Wildman–Crippen MR) is 65.3 cm³/mol. The first kappa shape index (κ1) is 12.5. The van der Waals surface area contributed by atoms with Crippen LogP contribution < -0.4 is 4.74 Å². The molecule has 1 rings (SSSR count). The molecule has 0 bridgehead atoms. The van der Waals surface area contributed by atoms with Crippen molar-refractivity contribution in [1.29, 1.82) is 0 Å². The number of halogens is 2. The van der Waals surface area contributed by atoms with Gasteiger partial charge in [-0.3, -0.25) is 4.79 Å². The Morgan fingerprint density at radius 2 is 2.20 bits per heavy atom. The normalized spacial score (nSPS) is 10.1. The van der Waals surface area contributed by atoms with Crippen LogP contribution >= 0.6 is 27.5 Å². The molecule has 0 aromatic heterocycles. The quantitative estimate of drug-likeness (QED) is 0.614. The molecule has 2 nitrogen and oxygen atoms in total. The molecule has 0 saturated carbocycles. The Hall–Kier alpha value is -0.540. The molecule has 15 heavy (non-hydrogen) atoms. The number of hydrogen-bond donors (Lipinski definition) is 0. The summed E-state index contributed by atoms with van der Waals surface area (Å²) in [5.41, 5.74) is 1.55. The van der Waals surface area contributed by atoms with E-state index >= 15 is 0 Å². The molecule has 0 unspecified atom stereocenters. The van der Waals surface area contributed by atoms with Gasteiger partial charge in [-0.25, -0.2) is 0 Å². The van der Waals surface area contributed by atoms with Crippen LogP contribution in [0.3, 0.4) is 0 Å². The molecule has 0 N–H and O–H groups in total. The zero-order valence-electron chi connectivity index (χ0n) is 8.43. The summed E-state index contributed by atoms with van der Waals surface area (Å²) < 4.78 is 5.10. The number of carbonyl (C=O) groups is 1. The third-order valence-electron chi connectivity index (χ3n) is 2.00. The summed E-state index contributed by atoms with van der Waals surface area (Å²) >= 11 is 8.97. The van der Waals surface area contributed by atoms with Crippen molar-refractivity contribution in [2.45, 2.75) is 12.3 Å². The van der Waals surface area contributed by atoms with Gasteiger partial charge in [0.1, 0.15) is 5.75 Å². The van der Waals surface area contributed by atoms with Crippen LogP contribution in [-0.2, 0) is 5.88 Å². The summed E-state index contributed by atoms with van der Waals surface area (Å²) in [7, 11) is 1.58. The highest BCUT2D eigenvalue weighted by Gasteiger charge is 2.08. The van der Waals surface area contributed by atoms with Crippen molar-refractivity contribution in [3.63, 3.8) is 0 Å². The molecule has 1 aromatic carbocycles. The molecular formula is C11H12BrClO2. The Morgan fingerprint density at radius 1 is 1.47 bits per heavy atom. The minimum Gasteiger partial charge on any atom is -0.497 e. The van der Waals surface area contributed by atoms with Gasteiger partial charge >= 0.3 is 0 Å². The number of Topliss-reactive ketones (excluding diaryl/α,β-unsaturated/α-hetero) is 1. The molecule has 0 aliphatic heterocycles. The molecule has 0 aliphatic carbocycles. The standard InChI is InChI=1S/C11H12BrClO2/c1-15-10-5-8(7-13)4-9(6-10)11(14)2-3-12/h4-6H,2-3,7H2,1H3. The van der Waals surface area contributed by atoms with Gasteiger partial charge in [0.25, 0.3) is 0 Å². The van der Waals surface area contributed by atoms with E-state index in [2.05, 4.69) is 15.9 Å². The number of benzene rings is 1. The SMILES string of the molecule is COc1cc(CCl)cc(C(=O)CCBr)c1. The maximum atomic E-state index is 11.7. The van der Waals surface area contributed by atoms with E-state index in [0.29, 0.717) is 28.9 Å². The van der Waals surface area contributed by atoms with E-state index in [9.17, 15) is 4.79 Å². The lowest BCUT2D eigenvalue weighted by molar-refractivity contribution is 0.0989. The van der Waals surface area contributed by atoms with Crippen molar-refractivity contribution in [2.75, 3.05) is 12.4 Å². The fourth-order valence-corrected chi connectivity index (χ4v) is 1.76. The number of alkyl halides is 2. The lowest BCUT2D eigenvalue weighted by Crippen LogP contribution is -2.01. The van der Waals surface area contributed by atoms with Crippen LogP contribution in [0.25, 0.3) is 0 Å². The topological polar surface area (TPSA) is 26.3 Å². The van der Waals surface area contributed by atoms with E-state index in [1.807, 2.05) is 6.07 Å². The van der Waals surface area contributed by atoms with Crippen LogP contribution in [0.5, 0.6) is 5.75 Å². The smallest absolute Gasteiger partial charge is 0.163 e. The Bertz CT molecular complexity index is 330. The first-order valence-electron chi connectivity index (χ1n) is 4.54. The van der Waals surface area contributed by atoms with Crippen LogP contribution in [0, 0.1) is 0 Å². The fraction of sp³-hybridized carbons (Fsp3) is 0.364. The molecule has 0 amide bonds. The molecule has 1 aromatic rings. The fourth-order valence-electron chi connectivity index (χ4n) is 1.25. The Morgan fingerprint density at radius 3 is 2.73 bits per heavy atom. The van der Waals surface area contributed by atoms with E-state index < -0.39 is 0 Å². The van der Waals surface area contributed by atoms with Crippen molar-refractivity contribution in [2.24, 2.45) is 0 Å². The van der Waals surface area contributed by atoms with Gasteiger partial charge in [-0.2, -0.15) is 0 Å². The first-order valence-corrected chi connectivity index (χ1v) is 6.20. The van der Waals surface area contributed by atoms with Crippen molar-refractivity contribution >= 4 is 33.3 Å². The average Bonchev–Trinajstić information content (AvgIpc) is 2.28. The average molecular weight is 292 g/mol. The number of carbonyl (C=O) groups excluding carboxylic acids is 1. The molecule has 82 valence electrons. The second-order valence-electron chi connectivity index (χ2n) is 3.07. The molecular weight excluding hydrogens is 279 g/mol. The molecule has 0 radical (unpaired) electrons. The molecule has 4 heteroatoms. The second-order valence-corrected chi connectivity index (χ2v) is 4.13. The van der Waals surface area contributed by atoms with Gasteiger partial charge < -0.3 is 4.74 Å². The highest BCUT2D eigenvalue weighted by molar-refractivity contribution is 9.09. The van der Waals surface area contributed by atoms with E-state index in [4.69, 9.17) is 16.3 Å². The summed E-state index contributed by atoms with van der Waals surface area (Å²) in [5, 5.41) is 0.666. The van der Waals surface area contributed by atoms with E-state index in [1.54, 1.807) is 19.2 Å². The largest absolute Gasteiger partial charge is 0.497 e. The maximum absolute atomic E-state index is 11.7. The molecule has 0 heterocycles. The third kappa shape index (κ3) is 3.50. The zero-order valence-corrected chi connectivity index (χ0v) is 10.8. The van der Waals surface area contributed by atoms with Crippen LogP contribution in [0.2, 0.25) is 0 Å². The third-order valence-corrected chi connectivity index (χ3v) is 2.70. The van der Waals surface area contributed by atoms with Crippen molar-refractivity contribution in [1.82, 2.24) is 0 Å². The maximum Gasteiger partial charge on any atom is 0.163 e. The minimum absolute atomic E-state index is 0.0946. The van der Waals surface area contributed by atoms with Crippen molar-refractivity contribution in [3.8, 4) is 5.75 Å². The minimum atomic E-state index is 0.0946. The number of ether oxygens (including phenoxy) is 1. The first-order chi connectivity index (χ1) is 7.21. The highest BCUT2D eigenvalue weighted by Crippen LogP contribution is 2.19. The van der Waals surface area contributed by atoms with Gasteiger partial charge in [0.05, 0.1) is 7.11 Å². The van der Waals surface area contributed by atoms with Crippen molar-refractivity contribution in [3.05, 3.63) is 29.3 Å². The molecule has 0 fully saturated rings. The van der Waals surface area contributed by atoms with Crippen LogP contribution in [-0.4, -0.2) is 18.2 Å². The van der Waals surface area contributed by atoms with Crippen LogP contribution in [0.15, 0.2) is 18.2 Å². The lowest BCUT2D eigenvalue weighted by Gasteiger charge is -2.06. The van der Waals surface area contributed by atoms with Gasteiger partial charge in [0.15, 0.2) is 5.78 Å². The monoisotopic (exact) mass is 290 g/mol. The number of rotatable bonds is 5. The molecule has 0 aliphatic rings. The Labute approximate surface area is 103 Å². The Balaban J connectivity index is 3.01. The van der Waals surface area contributed by atoms with Gasteiger partial charge in [-0.05, 0) is 23.8 Å². The lowest BCUT2D eigenvalue weighted by atomic mass is 10.1. The Kier molecular flexibility index (Phi) is 5.12. The predicted octanol–water partition coefficient (Wildman–Crippen LogP) is 3.40. The summed E-state index contributed by atoms with van der Waals surface area (Å²) in [5.74, 6) is 1.15. The number of methoxy groups -OCH3 is 1. The summed E-state index contributed by atoms with van der Waals surface area (Å²) in [6.45, 7) is 0. The van der Waals surface area contributed by atoms with Gasteiger partial charge in [-0.1, -0.05) is 15.9 Å². The van der Waals surface area contributed by atoms with Gasteiger partial charge in [0.2, 0.25) is 0 Å². The van der Waals surface area contributed by atoms with E-state index in [0.717, 1.165) is 5.56 Å². The number of hydrogen-bond acceptors (Lipinski definition) is 2. The van der Waals surface area contributed by atoms with E-state index in [1.165, 1.54) is 0 Å². The summed E-state index contributed by atoms with van der Waals surface area (Å²) in [6, 6.07) is 5.37. The number of ketones is 1. The zero-order chi connectivity index (χ0) is 11.3. The summed E-state index contributed by atoms with van der Waals surface area (Å²) in [6.07, 6.45) is 0.481. The highest BCUT2D eigenvalue weighted by atomic mass is 79.9. The van der Waals surface area contributed by atoms with E-state index in [-0.39, 0.29) is 5.78 Å². The van der Waals surface area contributed by atoms with Gasteiger partial charge in [0, 0.05) is 23.2 Å². The van der Waals surface area contributed by atoms with Crippen molar-refractivity contribution < 1.29 is 9.53 Å². The second kappa shape index (κ2) is 6.13. The molecule has 0 saturated heterocycles. The molecule has 0 spiro atoms. The van der Waals surface area contributed by atoms with Crippen LogP contribution in [0.4, 0.5) is 0 Å². The molecule has 0 atom stereocenters. The van der Waals surface area contributed by atoms with Gasteiger partial charge in [-0.15, -0.1) is 11.6 Å².